The molecule has 1 heterocycles. The molecule has 0 bridgehead atoms. The molecule has 0 radical (unpaired) electrons. The molecule has 0 saturated heterocycles. The van der Waals surface area contributed by atoms with Crippen LogP contribution in [0.5, 0.6) is 0 Å². The number of anilines is 1. The van der Waals surface area contributed by atoms with E-state index < -0.39 is 6.17 Å². The van der Waals surface area contributed by atoms with Gasteiger partial charge in [-0.1, -0.05) is 0 Å². The van der Waals surface area contributed by atoms with Gasteiger partial charge in [-0.3, -0.25) is 0 Å². The third kappa shape index (κ3) is 2.44. The summed E-state index contributed by atoms with van der Waals surface area (Å²) in [4.78, 5) is 4.08. The minimum Gasteiger partial charge on any atom is -0.367 e. The number of rotatable bonds is 2. The van der Waals surface area contributed by atoms with Crippen LogP contribution in [-0.2, 0) is 0 Å². The quantitative estimate of drug-likeness (QED) is 0.805. The van der Waals surface area contributed by atoms with Crippen molar-refractivity contribution >= 4 is 5.82 Å². The minimum absolute atomic E-state index is 0.181. The lowest BCUT2D eigenvalue weighted by Crippen LogP contribution is -2.16. The van der Waals surface area contributed by atoms with E-state index in [1.54, 1.807) is 12.1 Å². The highest BCUT2D eigenvalue weighted by molar-refractivity contribution is 5.39. The molecule has 1 aromatic heterocycles. The number of nitrogens with zero attached hydrogens (tertiary/aromatic N) is 2. The second kappa shape index (κ2) is 4.26. The van der Waals surface area contributed by atoms with E-state index in [2.05, 4.69) is 10.3 Å². The van der Waals surface area contributed by atoms with E-state index in [-0.39, 0.29) is 6.04 Å². The van der Waals surface area contributed by atoms with Gasteiger partial charge in [-0.05, 0) is 31.4 Å². The lowest BCUT2D eigenvalue weighted by molar-refractivity contribution is 0.341. The van der Waals surface area contributed by atoms with Crippen LogP contribution in [0.4, 0.5) is 10.2 Å². The summed E-state index contributed by atoms with van der Waals surface area (Å²) < 4.78 is 12.9. The van der Waals surface area contributed by atoms with Gasteiger partial charge in [0.15, 0.2) is 0 Å². The van der Waals surface area contributed by atoms with Crippen molar-refractivity contribution in [2.45, 2.75) is 31.5 Å². The highest BCUT2D eigenvalue weighted by Crippen LogP contribution is 2.24. The topological polar surface area (TPSA) is 48.7 Å². The van der Waals surface area contributed by atoms with Gasteiger partial charge in [-0.15, -0.1) is 0 Å². The molecule has 0 aliphatic heterocycles. The van der Waals surface area contributed by atoms with Gasteiger partial charge in [-0.2, -0.15) is 5.26 Å². The molecule has 0 amide bonds. The van der Waals surface area contributed by atoms with E-state index >= 15 is 0 Å². The number of hydrogen-bond acceptors (Lipinski definition) is 3. The molecule has 78 valence electrons. The van der Waals surface area contributed by atoms with Gasteiger partial charge in [-0.25, -0.2) is 9.37 Å². The fourth-order valence-electron chi connectivity index (χ4n) is 1.81. The van der Waals surface area contributed by atoms with Crippen molar-refractivity contribution in [3.8, 4) is 6.07 Å². The maximum absolute atomic E-state index is 12.9. The van der Waals surface area contributed by atoms with Crippen molar-refractivity contribution < 1.29 is 4.39 Å². The number of alkyl halides is 1. The lowest BCUT2D eigenvalue weighted by Gasteiger charge is -2.11. The Hall–Kier alpha value is -1.63. The molecule has 2 rings (SSSR count). The average Bonchev–Trinajstić information content (AvgIpc) is 2.65. The molecule has 2 unspecified atom stereocenters. The summed E-state index contributed by atoms with van der Waals surface area (Å²) in [6, 6.07) is 5.65. The number of halogens is 1. The van der Waals surface area contributed by atoms with E-state index in [1.807, 2.05) is 6.07 Å². The van der Waals surface area contributed by atoms with Crippen molar-refractivity contribution in [3.05, 3.63) is 23.9 Å². The first-order valence-electron chi connectivity index (χ1n) is 5.04. The van der Waals surface area contributed by atoms with Crippen LogP contribution in [0.25, 0.3) is 0 Å². The average molecular weight is 205 g/mol. The van der Waals surface area contributed by atoms with Crippen molar-refractivity contribution in [1.82, 2.24) is 4.98 Å². The fraction of sp³-hybridized carbons (Fsp3) is 0.455. The highest BCUT2D eigenvalue weighted by atomic mass is 19.1. The van der Waals surface area contributed by atoms with Gasteiger partial charge in [0.05, 0.1) is 5.56 Å². The van der Waals surface area contributed by atoms with Crippen LogP contribution < -0.4 is 5.32 Å². The molecule has 1 aliphatic carbocycles. The minimum atomic E-state index is -0.680. The Kier molecular flexibility index (Phi) is 2.82. The Balaban J connectivity index is 1.96. The van der Waals surface area contributed by atoms with Crippen molar-refractivity contribution in [2.24, 2.45) is 0 Å². The largest absolute Gasteiger partial charge is 0.367 e. The molecule has 3 nitrogen and oxygen atoms in total. The van der Waals surface area contributed by atoms with Crippen molar-refractivity contribution in [3.63, 3.8) is 0 Å². The molecule has 0 spiro atoms. The third-order valence-corrected chi connectivity index (χ3v) is 2.61. The van der Waals surface area contributed by atoms with Crippen LogP contribution in [0.2, 0.25) is 0 Å². The molecule has 0 aromatic carbocycles. The normalized spacial score (nSPS) is 24.8. The van der Waals surface area contributed by atoms with Crippen molar-refractivity contribution in [2.75, 3.05) is 5.32 Å². The number of nitrogens with one attached hydrogen (secondary N) is 1. The second-order valence-electron chi connectivity index (χ2n) is 3.80. The summed E-state index contributed by atoms with van der Waals surface area (Å²) >= 11 is 0. The molecule has 15 heavy (non-hydrogen) atoms. The zero-order valence-corrected chi connectivity index (χ0v) is 8.28. The number of pyridine rings is 1. The first-order valence-corrected chi connectivity index (χ1v) is 5.04. The van der Waals surface area contributed by atoms with Crippen LogP contribution >= 0.6 is 0 Å². The van der Waals surface area contributed by atoms with Gasteiger partial charge in [0.2, 0.25) is 0 Å². The molecule has 2 atom stereocenters. The van der Waals surface area contributed by atoms with Crippen LogP contribution in [0.15, 0.2) is 18.3 Å². The molecule has 1 fully saturated rings. The smallest absolute Gasteiger partial charge is 0.126 e. The molecule has 1 aliphatic rings. The zero-order chi connectivity index (χ0) is 10.7. The van der Waals surface area contributed by atoms with Gasteiger partial charge >= 0.3 is 0 Å². The number of nitriles is 1. The molecule has 1 aromatic rings. The van der Waals surface area contributed by atoms with E-state index in [9.17, 15) is 4.39 Å². The zero-order valence-electron chi connectivity index (χ0n) is 8.28. The highest BCUT2D eigenvalue weighted by Gasteiger charge is 2.23. The summed E-state index contributed by atoms with van der Waals surface area (Å²) in [6.45, 7) is 0. The third-order valence-electron chi connectivity index (χ3n) is 2.61. The summed E-state index contributed by atoms with van der Waals surface area (Å²) in [5.74, 6) is 0.716. The first-order chi connectivity index (χ1) is 7.28. The predicted octanol–water partition coefficient (Wildman–Crippen LogP) is 2.26. The Morgan fingerprint density at radius 1 is 1.47 bits per heavy atom. The first kappa shape index (κ1) is 9.91. The van der Waals surface area contributed by atoms with Crippen LogP contribution in [0.1, 0.15) is 24.8 Å². The monoisotopic (exact) mass is 205 g/mol. The summed E-state index contributed by atoms with van der Waals surface area (Å²) in [5, 5.41) is 11.7. The van der Waals surface area contributed by atoms with Crippen molar-refractivity contribution in [1.29, 1.82) is 5.26 Å². The maximum atomic E-state index is 12.9. The standard InChI is InChI=1S/C11H12FN3/c12-9-2-3-10(5-9)15-11-4-1-8(6-13)7-14-11/h1,4,7,9-10H,2-3,5H2,(H,14,15). The Morgan fingerprint density at radius 3 is 2.87 bits per heavy atom. The Morgan fingerprint density at radius 2 is 2.33 bits per heavy atom. The molecule has 4 heteroatoms. The Bertz CT molecular complexity index is 368. The SMILES string of the molecule is N#Cc1ccc(NC2CCC(F)C2)nc1. The van der Waals surface area contributed by atoms with E-state index in [4.69, 9.17) is 5.26 Å². The second-order valence-corrected chi connectivity index (χ2v) is 3.80. The number of hydrogen-bond donors (Lipinski definition) is 1. The van der Waals surface area contributed by atoms with Crippen LogP contribution in [0.3, 0.4) is 0 Å². The molecular weight excluding hydrogens is 193 g/mol. The van der Waals surface area contributed by atoms with Crippen LogP contribution in [0, 0.1) is 11.3 Å². The van der Waals surface area contributed by atoms with Crippen LogP contribution in [-0.4, -0.2) is 17.2 Å². The van der Waals surface area contributed by atoms with E-state index in [0.717, 1.165) is 6.42 Å². The van der Waals surface area contributed by atoms with E-state index in [1.165, 1.54) is 6.20 Å². The molecular formula is C11H12FN3. The van der Waals surface area contributed by atoms with Gasteiger partial charge in [0.25, 0.3) is 0 Å². The van der Waals surface area contributed by atoms with Gasteiger partial charge < -0.3 is 5.32 Å². The fourth-order valence-corrected chi connectivity index (χ4v) is 1.81. The maximum Gasteiger partial charge on any atom is 0.126 e. The molecule has 1 N–H and O–H groups in total. The van der Waals surface area contributed by atoms with Gasteiger partial charge in [0, 0.05) is 12.2 Å². The summed E-state index contributed by atoms with van der Waals surface area (Å²) in [7, 11) is 0. The predicted molar refractivity (Wildman–Crippen MR) is 55.1 cm³/mol. The lowest BCUT2D eigenvalue weighted by atomic mass is 10.2. The number of aromatic nitrogens is 1. The summed E-state index contributed by atoms with van der Waals surface area (Å²) in [6.07, 6.45) is 2.88. The van der Waals surface area contributed by atoms with Gasteiger partial charge in [0.1, 0.15) is 18.1 Å². The summed E-state index contributed by atoms with van der Waals surface area (Å²) in [5.41, 5.74) is 0.537. The Labute approximate surface area is 87.9 Å². The van der Waals surface area contributed by atoms with E-state index in [0.29, 0.717) is 24.2 Å². The molecule has 1 saturated carbocycles.